The predicted octanol–water partition coefficient (Wildman–Crippen LogP) is 9.52. The van der Waals surface area contributed by atoms with Gasteiger partial charge in [0.1, 0.15) is 0 Å². The van der Waals surface area contributed by atoms with Gasteiger partial charge in [0.2, 0.25) is 0 Å². The predicted molar refractivity (Wildman–Crippen MR) is 182 cm³/mol. The number of rotatable bonds is 8. The van der Waals surface area contributed by atoms with Crippen molar-refractivity contribution < 1.29 is 9.59 Å². The van der Waals surface area contributed by atoms with Crippen molar-refractivity contribution in [3.63, 3.8) is 0 Å². The zero-order chi connectivity index (χ0) is 31.0. The number of ketones is 2. The number of benzene rings is 6. The second-order valence-electron chi connectivity index (χ2n) is 12.2. The molecule has 0 atom stereocenters. The number of hydrogen-bond acceptors (Lipinski definition) is 2. The summed E-state index contributed by atoms with van der Waals surface area (Å²) in [6, 6.07) is 49.5. The molecule has 218 valence electrons. The van der Waals surface area contributed by atoms with Gasteiger partial charge in [0.15, 0.2) is 11.6 Å². The number of carbonyl (C=O) groups excluding carboxylic acids is 2. The molecule has 0 N–H and O–H groups in total. The van der Waals surface area contributed by atoms with Crippen LogP contribution >= 0.6 is 0 Å². The Kier molecular flexibility index (Phi) is 7.35. The number of carbonyl (C=O) groups is 2. The average molecular weight is 583 g/mol. The van der Waals surface area contributed by atoms with Gasteiger partial charge in [0.25, 0.3) is 0 Å². The normalized spacial score (nSPS) is 12.8. The highest BCUT2D eigenvalue weighted by Crippen LogP contribution is 2.56. The third kappa shape index (κ3) is 5.13. The molecule has 45 heavy (non-hydrogen) atoms. The zero-order valence-electron chi connectivity index (χ0n) is 25.6. The molecule has 0 spiro atoms. The topological polar surface area (TPSA) is 34.1 Å². The van der Waals surface area contributed by atoms with Crippen LogP contribution in [-0.2, 0) is 18.3 Å². The molecule has 0 fully saturated rings. The molecule has 6 aromatic rings. The minimum absolute atomic E-state index is 0.0837. The van der Waals surface area contributed by atoms with Crippen LogP contribution < -0.4 is 0 Å². The Bertz CT molecular complexity index is 1870. The van der Waals surface area contributed by atoms with E-state index >= 15 is 0 Å². The van der Waals surface area contributed by atoms with Gasteiger partial charge in [-0.15, -0.1) is 0 Å². The average Bonchev–Trinajstić information content (AvgIpc) is 3.36. The molecule has 2 heteroatoms. The molecule has 7 rings (SSSR count). The van der Waals surface area contributed by atoms with Crippen LogP contribution in [0.5, 0.6) is 0 Å². The third-order valence-electron chi connectivity index (χ3n) is 9.17. The summed E-state index contributed by atoms with van der Waals surface area (Å²) in [7, 11) is 0. The van der Waals surface area contributed by atoms with Crippen molar-refractivity contribution in [1.29, 1.82) is 0 Å². The van der Waals surface area contributed by atoms with Gasteiger partial charge in [0.05, 0.1) is 5.41 Å². The molecule has 2 nitrogen and oxygen atoms in total. The Morgan fingerprint density at radius 3 is 1.22 bits per heavy atom. The Labute approximate surface area is 265 Å². The smallest absolute Gasteiger partial charge is 0.167 e. The Morgan fingerprint density at radius 2 is 0.844 bits per heavy atom. The molecule has 0 aromatic heterocycles. The number of aryl methyl sites for hydroxylation is 2. The van der Waals surface area contributed by atoms with Gasteiger partial charge >= 0.3 is 0 Å². The Morgan fingerprint density at radius 1 is 0.467 bits per heavy atom. The molecule has 0 bridgehead atoms. The number of hydrogen-bond donors (Lipinski definition) is 0. The summed E-state index contributed by atoms with van der Waals surface area (Å²) in [5.41, 5.74) is 11.5. The molecule has 0 amide bonds. The van der Waals surface area contributed by atoms with Gasteiger partial charge in [-0.3, -0.25) is 9.59 Å². The molecule has 1 aliphatic carbocycles. The van der Waals surface area contributed by atoms with Gasteiger partial charge in [-0.05, 0) is 70.5 Å². The SMILES string of the molecule is Cc1ccc(C2(c3ccc(C)cc3)c3cc(C(=O)Cc4ccccc4)ccc3-c3ccc(C(=O)Cc4ccccc4)cc32)cc1. The van der Waals surface area contributed by atoms with Crippen LogP contribution in [0.3, 0.4) is 0 Å². The van der Waals surface area contributed by atoms with Crippen molar-refractivity contribution in [2.24, 2.45) is 0 Å². The van der Waals surface area contributed by atoms with Crippen molar-refractivity contribution in [1.82, 2.24) is 0 Å². The van der Waals surface area contributed by atoms with E-state index in [4.69, 9.17) is 0 Å². The summed E-state index contributed by atoms with van der Waals surface area (Å²) in [5, 5.41) is 0. The van der Waals surface area contributed by atoms with E-state index in [1.807, 2.05) is 72.8 Å². The van der Waals surface area contributed by atoms with Crippen molar-refractivity contribution in [2.45, 2.75) is 32.1 Å². The van der Waals surface area contributed by atoms with Crippen molar-refractivity contribution in [3.05, 3.63) is 201 Å². The minimum Gasteiger partial charge on any atom is -0.294 e. The summed E-state index contributed by atoms with van der Waals surface area (Å²) in [6.07, 6.45) is 0.680. The summed E-state index contributed by atoms with van der Waals surface area (Å²) in [5.74, 6) is 0.167. The molecule has 0 radical (unpaired) electrons. The number of fused-ring (bicyclic) bond motifs is 3. The van der Waals surface area contributed by atoms with E-state index in [2.05, 4.69) is 86.6 Å². The highest BCUT2D eigenvalue weighted by molar-refractivity contribution is 6.01. The maximum absolute atomic E-state index is 13.7. The lowest BCUT2D eigenvalue weighted by Gasteiger charge is -2.34. The van der Waals surface area contributed by atoms with Crippen molar-refractivity contribution >= 4 is 11.6 Å². The van der Waals surface area contributed by atoms with E-state index < -0.39 is 5.41 Å². The van der Waals surface area contributed by atoms with Crippen LogP contribution in [0.4, 0.5) is 0 Å². The summed E-state index contributed by atoms with van der Waals surface area (Å²) in [4.78, 5) is 27.5. The van der Waals surface area contributed by atoms with Crippen LogP contribution in [0.2, 0.25) is 0 Å². The van der Waals surface area contributed by atoms with Crippen LogP contribution in [-0.4, -0.2) is 11.6 Å². The van der Waals surface area contributed by atoms with E-state index in [0.29, 0.717) is 24.0 Å². The maximum Gasteiger partial charge on any atom is 0.167 e. The first-order valence-corrected chi connectivity index (χ1v) is 15.5. The Balaban J connectivity index is 1.45. The van der Waals surface area contributed by atoms with E-state index in [1.165, 1.54) is 11.1 Å². The van der Waals surface area contributed by atoms with Gasteiger partial charge < -0.3 is 0 Å². The van der Waals surface area contributed by atoms with Crippen molar-refractivity contribution in [2.75, 3.05) is 0 Å². The summed E-state index contributed by atoms with van der Waals surface area (Å²) < 4.78 is 0. The largest absolute Gasteiger partial charge is 0.294 e. The van der Waals surface area contributed by atoms with Gasteiger partial charge in [0, 0.05) is 24.0 Å². The molecule has 0 unspecified atom stereocenters. The van der Waals surface area contributed by atoms with E-state index in [9.17, 15) is 9.59 Å². The first-order valence-electron chi connectivity index (χ1n) is 15.5. The van der Waals surface area contributed by atoms with E-state index in [1.54, 1.807) is 0 Å². The van der Waals surface area contributed by atoms with Gasteiger partial charge in [-0.2, -0.15) is 0 Å². The van der Waals surface area contributed by atoms with Crippen molar-refractivity contribution in [3.8, 4) is 11.1 Å². The second kappa shape index (κ2) is 11.6. The highest BCUT2D eigenvalue weighted by atomic mass is 16.1. The zero-order valence-corrected chi connectivity index (χ0v) is 25.6. The first-order chi connectivity index (χ1) is 21.9. The molecule has 1 aliphatic rings. The molecular formula is C43H34O2. The molecule has 6 aromatic carbocycles. The number of Topliss-reactive ketones (excluding diaryl/α,β-unsaturated/α-hetero) is 2. The molecule has 0 heterocycles. The lowest BCUT2D eigenvalue weighted by Crippen LogP contribution is -2.29. The fraction of sp³-hybridized carbons (Fsp3) is 0.116. The molecule has 0 saturated heterocycles. The van der Waals surface area contributed by atoms with Gasteiger partial charge in [-0.25, -0.2) is 0 Å². The summed E-state index contributed by atoms with van der Waals surface area (Å²) >= 11 is 0. The highest BCUT2D eigenvalue weighted by Gasteiger charge is 2.46. The van der Waals surface area contributed by atoms with Crippen LogP contribution in [0, 0.1) is 13.8 Å². The monoisotopic (exact) mass is 582 g/mol. The maximum atomic E-state index is 13.7. The van der Waals surface area contributed by atoms with Crippen LogP contribution in [0.1, 0.15) is 65.2 Å². The minimum atomic E-state index is -0.710. The molecule has 0 saturated carbocycles. The lowest BCUT2D eigenvalue weighted by molar-refractivity contribution is 0.0985. The van der Waals surface area contributed by atoms with E-state index in [0.717, 1.165) is 44.5 Å². The second-order valence-corrected chi connectivity index (χ2v) is 12.2. The van der Waals surface area contributed by atoms with Crippen LogP contribution in [0.15, 0.2) is 146 Å². The fourth-order valence-electron chi connectivity index (χ4n) is 6.83. The molecular weight excluding hydrogens is 548 g/mol. The lowest BCUT2D eigenvalue weighted by atomic mass is 9.67. The van der Waals surface area contributed by atoms with Gasteiger partial charge in [-0.1, -0.05) is 145 Å². The molecule has 0 aliphatic heterocycles. The quantitative estimate of drug-likeness (QED) is 0.167. The fourth-order valence-corrected chi connectivity index (χ4v) is 6.83. The first kappa shape index (κ1) is 28.4. The van der Waals surface area contributed by atoms with E-state index in [-0.39, 0.29) is 11.6 Å². The third-order valence-corrected chi connectivity index (χ3v) is 9.17. The Hall–Kier alpha value is -5.34. The summed E-state index contributed by atoms with van der Waals surface area (Å²) in [6.45, 7) is 4.19. The standard InChI is InChI=1S/C43H34O2/c1-29-13-19-35(20-14-29)43(36-21-15-30(2)16-22-36)39-27-33(41(44)25-31-9-5-3-6-10-31)17-23-37(39)38-24-18-34(28-40(38)43)42(45)26-32-11-7-4-8-12-32/h3-24,27-28H,25-26H2,1-2H3. The van der Waals surface area contributed by atoms with Crippen LogP contribution in [0.25, 0.3) is 11.1 Å².